The van der Waals surface area contributed by atoms with Gasteiger partial charge in [-0.1, -0.05) is 6.92 Å². The van der Waals surface area contributed by atoms with Crippen molar-refractivity contribution in [2.75, 3.05) is 18.0 Å². The molecule has 2 rings (SSSR count). The molecule has 1 saturated heterocycles. The van der Waals surface area contributed by atoms with E-state index in [0.717, 1.165) is 19.4 Å². The predicted octanol–water partition coefficient (Wildman–Crippen LogP) is 1.55. The van der Waals surface area contributed by atoms with Crippen LogP contribution in [0.4, 0.5) is 11.5 Å². The van der Waals surface area contributed by atoms with E-state index in [-0.39, 0.29) is 16.7 Å². The second kappa shape index (κ2) is 5.30. The van der Waals surface area contributed by atoms with Crippen LogP contribution in [0.15, 0.2) is 18.3 Å². The monoisotopic (exact) mass is 250 g/mol. The van der Waals surface area contributed by atoms with Gasteiger partial charge in [0.05, 0.1) is 4.92 Å². The molecule has 0 amide bonds. The Labute approximate surface area is 106 Å². The van der Waals surface area contributed by atoms with Crippen LogP contribution in [0.3, 0.4) is 0 Å². The number of piperidine rings is 1. The minimum atomic E-state index is -0.381. The van der Waals surface area contributed by atoms with Gasteiger partial charge in [0.15, 0.2) is 0 Å². The van der Waals surface area contributed by atoms with Gasteiger partial charge in [-0.05, 0) is 24.8 Å². The van der Waals surface area contributed by atoms with Gasteiger partial charge in [0, 0.05) is 31.4 Å². The van der Waals surface area contributed by atoms with Gasteiger partial charge in [0.25, 0.3) is 0 Å². The maximum Gasteiger partial charge on any atom is 0.311 e. The Hall–Kier alpha value is -1.69. The van der Waals surface area contributed by atoms with Crippen molar-refractivity contribution in [2.24, 2.45) is 11.7 Å². The van der Waals surface area contributed by atoms with Gasteiger partial charge in [-0.2, -0.15) is 0 Å². The van der Waals surface area contributed by atoms with Crippen LogP contribution in [0.25, 0.3) is 0 Å². The van der Waals surface area contributed by atoms with Gasteiger partial charge in [0.2, 0.25) is 5.82 Å². The Morgan fingerprint density at radius 2 is 2.44 bits per heavy atom. The highest BCUT2D eigenvalue weighted by molar-refractivity contribution is 5.58. The van der Waals surface area contributed by atoms with Crippen molar-refractivity contribution in [1.82, 2.24) is 4.98 Å². The first-order chi connectivity index (χ1) is 8.63. The van der Waals surface area contributed by atoms with Crippen LogP contribution >= 0.6 is 0 Å². The van der Waals surface area contributed by atoms with Crippen molar-refractivity contribution >= 4 is 11.5 Å². The van der Waals surface area contributed by atoms with E-state index in [1.165, 1.54) is 6.07 Å². The third kappa shape index (κ3) is 2.43. The van der Waals surface area contributed by atoms with Crippen molar-refractivity contribution in [3.8, 4) is 0 Å². The molecule has 1 aromatic rings. The topological polar surface area (TPSA) is 85.3 Å². The van der Waals surface area contributed by atoms with Gasteiger partial charge in [0.1, 0.15) is 0 Å². The molecular weight excluding hydrogens is 232 g/mol. The average molecular weight is 250 g/mol. The quantitative estimate of drug-likeness (QED) is 0.650. The molecule has 1 aliphatic rings. The summed E-state index contributed by atoms with van der Waals surface area (Å²) in [6.07, 6.45) is 3.57. The van der Waals surface area contributed by atoms with E-state index in [4.69, 9.17) is 5.73 Å². The number of hydrogen-bond acceptors (Lipinski definition) is 5. The van der Waals surface area contributed by atoms with E-state index in [9.17, 15) is 10.1 Å². The molecule has 0 aliphatic carbocycles. The first-order valence-corrected chi connectivity index (χ1v) is 6.19. The smallest absolute Gasteiger partial charge is 0.311 e. The fourth-order valence-electron chi connectivity index (χ4n) is 2.51. The van der Waals surface area contributed by atoms with E-state index in [1.807, 2.05) is 4.90 Å². The molecule has 0 spiro atoms. The Balaban J connectivity index is 2.32. The molecule has 18 heavy (non-hydrogen) atoms. The van der Waals surface area contributed by atoms with Crippen molar-refractivity contribution in [3.05, 3.63) is 28.4 Å². The molecule has 0 aromatic carbocycles. The third-order valence-electron chi connectivity index (χ3n) is 3.48. The molecule has 2 unspecified atom stereocenters. The summed E-state index contributed by atoms with van der Waals surface area (Å²) in [4.78, 5) is 16.8. The number of hydrogen-bond donors (Lipinski definition) is 1. The highest BCUT2D eigenvalue weighted by atomic mass is 16.6. The Morgan fingerprint density at radius 3 is 3.11 bits per heavy atom. The number of rotatable bonds is 3. The molecule has 0 radical (unpaired) electrons. The van der Waals surface area contributed by atoms with E-state index in [0.29, 0.717) is 18.3 Å². The molecule has 2 N–H and O–H groups in total. The summed E-state index contributed by atoms with van der Waals surface area (Å²) in [6.45, 7) is 3.46. The molecule has 0 saturated carbocycles. The summed E-state index contributed by atoms with van der Waals surface area (Å²) < 4.78 is 0. The zero-order chi connectivity index (χ0) is 13.1. The lowest BCUT2D eigenvalue weighted by atomic mass is 9.92. The Kier molecular flexibility index (Phi) is 3.76. The van der Waals surface area contributed by atoms with Crippen molar-refractivity contribution < 1.29 is 4.92 Å². The summed E-state index contributed by atoms with van der Waals surface area (Å²) in [5.74, 6) is 1.06. The van der Waals surface area contributed by atoms with Crippen LogP contribution in [0.5, 0.6) is 0 Å². The number of nitrogens with zero attached hydrogens (tertiary/aromatic N) is 3. The molecule has 6 nitrogen and oxygen atoms in total. The minimum Gasteiger partial charge on any atom is -0.347 e. The minimum absolute atomic E-state index is 0.0607. The highest BCUT2D eigenvalue weighted by Gasteiger charge is 2.30. The van der Waals surface area contributed by atoms with Crippen LogP contribution in [-0.2, 0) is 0 Å². The number of nitro groups is 1. The lowest BCUT2D eigenvalue weighted by Crippen LogP contribution is -2.47. The summed E-state index contributed by atoms with van der Waals surface area (Å²) in [5, 5.41) is 11.0. The molecule has 0 bridgehead atoms. The molecular formula is C12H18N4O2. The highest BCUT2D eigenvalue weighted by Crippen LogP contribution is 2.31. The van der Waals surface area contributed by atoms with E-state index < -0.39 is 0 Å². The lowest BCUT2D eigenvalue weighted by Gasteiger charge is -2.38. The first kappa shape index (κ1) is 12.8. The van der Waals surface area contributed by atoms with E-state index in [2.05, 4.69) is 11.9 Å². The summed E-state index contributed by atoms with van der Waals surface area (Å²) in [7, 11) is 0. The van der Waals surface area contributed by atoms with Crippen LogP contribution < -0.4 is 10.6 Å². The van der Waals surface area contributed by atoms with Crippen LogP contribution in [0.1, 0.15) is 19.8 Å². The van der Waals surface area contributed by atoms with E-state index in [1.54, 1.807) is 12.3 Å². The molecule has 1 aromatic heterocycles. The summed E-state index contributed by atoms with van der Waals surface area (Å²) >= 11 is 0. The maximum absolute atomic E-state index is 11.0. The SMILES string of the molecule is CC1CCN(c2ncccc2[N+](=O)[O-])C(CN)C1. The third-order valence-corrected chi connectivity index (χ3v) is 3.48. The van der Waals surface area contributed by atoms with Crippen molar-refractivity contribution in [3.63, 3.8) is 0 Å². The van der Waals surface area contributed by atoms with Crippen LogP contribution in [0.2, 0.25) is 0 Å². The number of aromatic nitrogens is 1. The van der Waals surface area contributed by atoms with Gasteiger partial charge in [-0.25, -0.2) is 4.98 Å². The number of nitrogens with two attached hydrogens (primary N) is 1. The van der Waals surface area contributed by atoms with Crippen molar-refractivity contribution in [1.29, 1.82) is 0 Å². The predicted molar refractivity (Wildman–Crippen MR) is 69.5 cm³/mol. The molecule has 1 fully saturated rings. The molecule has 98 valence electrons. The molecule has 2 heterocycles. The van der Waals surface area contributed by atoms with Gasteiger partial charge in [-0.15, -0.1) is 0 Å². The largest absolute Gasteiger partial charge is 0.347 e. The van der Waals surface area contributed by atoms with E-state index >= 15 is 0 Å². The standard InChI is InChI=1S/C12H18N4O2/c1-9-4-6-15(10(7-9)8-13)12-11(16(17)18)3-2-5-14-12/h2-3,5,9-10H,4,6-8,13H2,1H3. The lowest BCUT2D eigenvalue weighted by molar-refractivity contribution is -0.384. The fourth-order valence-corrected chi connectivity index (χ4v) is 2.51. The zero-order valence-corrected chi connectivity index (χ0v) is 10.5. The normalized spacial score (nSPS) is 24.0. The van der Waals surface area contributed by atoms with Gasteiger partial charge in [-0.3, -0.25) is 10.1 Å². The zero-order valence-electron chi connectivity index (χ0n) is 10.5. The summed E-state index contributed by atoms with van der Waals surface area (Å²) in [6, 6.07) is 3.22. The maximum atomic E-state index is 11.0. The fraction of sp³-hybridized carbons (Fsp3) is 0.583. The van der Waals surface area contributed by atoms with Crippen LogP contribution in [-0.4, -0.2) is 29.0 Å². The number of pyridine rings is 1. The number of anilines is 1. The molecule has 6 heteroatoms. The first-order valence-electron chi connectivity index (χ1n) is 6.19. The second-order valence-corrected chi connectivity index (χ2v) is 4.82. The van der Waals surface area contributed by atoms with Crippen LogP contribution in [0, 0.1) is 16.0 Å². The Bertz CT molecular complexity index is 438. The van der Waals surface area contributed by atoms with Gasteiger partial charge >= 0.3 is 5.69 Å². The van der Waals surface area contributed by atoms with Gasteiger partial charge < -0.3 is 10.6 Å². The average Bonchev–Trinajstić information content (AvgIpc) is 2.38. The Morgan fingerprint density at radius 1 is 1.67 bits per heavy atom. The second-order valence-electron chi connectivity index (χ2n) is 4.82. The molecule has 1 aliphatic heterocycles. The summed E-state index contributed by atoms with van der Waals surface area (Å²) in [5.41, 5.74) is 5.84. The molecule has 2 atom stereocenters. The van der Waals surface area contributed by atoms with Crippen molar-refractivity contribution in [2.45, 2.75) is 25.8 Å².